The van der Waals surface area contributed by atoms with Crippen molar-refractivity contribution in [3.63, 3.8) is 0 Å². The number of nitrogens with zero attached hydrogens (tertiary/aromatic N) is 1. The molecule has 0 heterocycles. The van der Waals surface area contributed by atoms with Crippen LogP contribution in [0.4, 0.5) is 5.69 Å². The van der Waals surface area contributed by atoms with E-state index in [9.17, 15) is 4.79 Å². The van der Waals surface area contributed by atoms with E-state index in [4.69, 9.17) is 10.5 Å². The molecule has 1 amide bonds. The van der Waals surface area contributed by atoms with Gasteiger partial charge in [-0.2, -0.15) is 0 Å². The number of ether oxygens (including phenoxy) is 1. The van der Waals surface area contributed by atoms with Crippen molar-refractivity contribution >= 4 is 11.6 Å². The van der Waals surface area contributed by atoms with Crippen LogP contribution in [0.25, 0.3) is 0 Å². The first kappa shape index (κ1) is 15.7. The Bertz CT molecular complexity index is 354. The minimum atomic E-state index is 0.0933. The molecule has 0 saturated heterocycles. The first-order valence-corrected chi connectivity index (χ1v) is 6.92. The summed E-state index contributed by atoms with van der Waals surface area (Å²) in [4.78, 5) is 14.0. The molecule has 0 aromatic heterocycles. The molecule has 19 heavy (non-hydrogen) atoms. The van der Waals surface area contributed by atoms with Crippen LogP contribution in [0.2, 0.25) is 0 Å². The lowest BCUT2D eigenvalue weighted by Crippen LogP contribution is -2.33. The fraction of sp³-hybridized carbons (Fsp3) is 0.533. The van der Waals surface area contributed by atoms with Crippen LogP contribution in [-0.4, -0.2) is 32.2 Å². The highest BCUT2D eigenvalue weighted by atomic mass is 16.5. The smallest absolute Gasteiger partial charge is 0.229 e. The predicted octanol–water partition coefficient (Wildman–Crippen LogP) is 2.19. The van der Waals surface area contributed by atoms with Crippen molar-refractivity contribution in [1.29, 1.82) is 0 Å². The van der Waals surface area contributed by atoms with Gasteiger partial charge in [-0.15, -0.1) is 0 Å². The summed E-state index contributed by atoms with van der Waals surface area (Å²) in [7, 11) is 0. The Morgan fingerprint density at radius 2 is 2.00 bits per heavy atom. The van der Waals surface area contributed by atoms with Crippen molar-refractivity contribution < 1.29 is 9.53 Å². The van der Waals surface area contributed by atoms with Gasteiger partial charge in [-0.3, -0.25) is 4.79 Å². The second-order valence-electron chi connectivity index (χ2n) is 4.39. The molecule has 0 aliphatic carbocycles. The van der Waals surface area contributed by atoms with E-state index in [0.29, 0.717) is 32.7 Å². The number of benzene rings is 1. The number of para-hydroxylation sites is 1. The third-order valence-corrected chi connectivity index (χ3v) is 2.76. The average molecular weight is 264 g/mol. The van der Waals surface area contributed by atoms with Crippen LogP contribution in [0.1, 0.15) is 26.2 Å². The second-order valence-corrected chi connectivity index (χ2v) is 4.39. The SMILES string of the molecule is CCCOCCC(=O)N(CCCN)c1ccccc1. The summed E-state index contributed by atoms with van der Waals surface area (Å²) in [6.07, 6.45) is 2.19. The molecule has 4 heteroatoms. The summed E-state index contributed by atoms with van der Waals surface area (Å²) in [6.45, 7) is 4.50. The molecular formula is C15H24N2O2. The molecule has 0 saturated carbocycles. The van der Waals surface area contributed by atoms with Gasteiger partial charge in [0.2, 0.25) is 5.91 Å². The largest absolute Gasteiger partial charge is 0.381 e. The fourth-order valence-corrected chi connectivity index (χ4v) is 1.80. The van der Waals surface area contributed by atoms with Crippen LogP contribution in [0, 0.1) is 0 Å². The number of anilines is 1. The van der Waals surface area contributed by atoms with E-state index in [-0.39, 0.29) is 5.91 Å². The van der Waals surface area contributed by atoms with Crippen LogP contribution in [0.5, 0.6) is 0 Å². The second kappa shape index (κ2) is 9.53. The number of hydrogen-bond donors (Lipinski definition) is 1. The molecular weight excluding hydrogens is 240 g/mol. The van der Waals surface area contributed by atoms with E-state index < -0.39 is 0 Å². The molecule has 0 radical (unpaired) electrons. The standard InChI is InChI=1S/C15H24N2O2/c1-2-12-19-13-9-15(18)17(11-6-10-16)14-7-4-3-5-8-14/h3-5,7-8H,2,6,9-13,16H2,1H3. The molecule has 0 spiro atoms. The lowest BCUT2D eigenvalue weighted by Gasteiger charge is -2.22. The first-order valence-electron chi connectivity index (χ1n) is 6.92. The first-order chi connectivity index (χ1) is 9.29. The van der Waals surface area contributed by atoms with E-state index in [2.05, 4.69) is 6.92 Å². The van der Waals surface area contributed by atoms with Gasteiger partial charge in [0.25, 0.3) is 0 Å². The Balaban J connectivity index is 2.55. The lowest BCUT2D eigenvalue weighted by molar-refractivity contribution is -0.119. The molecule has 1 rings (SSSR count). The maximum absolute atomic E-state index is 12.2. The zero-order valence-electron chi connectivity index (χ0n) is 11.7. The molecule has 0 fully saturated rings. The normalized spacial score (nSPS) is 10.4. The Labute approximate surface area is 115 Å². The minimum Gasteiger partial charge on any atom is -0.381 e. The number of hydrogen-bond acceptors (Lipinski definition) is 3. The van der Waals surface area contributed by atoms with Crippen molar-refractivity contribution in [2.45, 2.75) is 26.2 Å². The van der Waals surface area contributed by atoms with Crippen molar-refractivity contribution in [3.8, 4) is 0 Å². The van der Waals surface area contributed by atoms with Crippen LogP contribution in [-0.2, 0) is 9.53 Å². The number of carbonyl (C=O) groups excluding carboxylic acids is 1. The van der Waals surface area contributed by atoms with Crippen molar-refractivity contribution in [1.82, 2.24) is 0 Å². The van der Waals surface area contributed by atoms with E-state index in [0.717, 1.165) is 18.5 Å². The van der Waals surface area contributed by atoms with Gasteiger partial charge in [0.05, 0.1) is 13.0 Å². The van der Waals surface area contributed by atoms with Gasteiger partial charge in [-0.1, -0.05) is 25.1 Å². The van der Waals surface area contributed by atoms with E-state index in [1.807, 2.05) is 30.3 Å². The summed E-state index contributed by atoms with van der Waals surface area (Å²) in [5.74, 6) is 0.0933. The molecule has 0 bridgehead atoms. The summed E-state index contributed by atoms with van der Waals surface area (Å²) < 4.78 is 5.37. The van der Waals surface area contributed by atoms with E-state index >= 15 is 0 Å². The van der Waals surface area contributed by atoms with Gasteiger partial charge in [0.1, 0.15) is 0 Å². The molecule has 1 aromatic rings. The minimum absolute atomic E-state index is 0.0933. The average Bonchev–Trinajstić information content (AvgIpc) is 2.45. The monoisotopic (exact) mass is 264 g/mol. The number of nitrogens with two attached hydrogens (primary N) is 1. The van der Waals surface area contributed by atoms with Crippen LogP contribution in [0.15, 0.2) is 30.3 Å². The molecule has 1 aromatic carbocycles. The Morgan fingerprint density at radius 3 is 2.63 bits per heavy atom. The third-order valence-electron chi connectivity index (χ3n) is 2.76. The van der Waals surface area contributed by atoms with Crippen molar-refractivity contribution in [3.05, 3.63) is 30.3 Å². The third kappa shape index (κ3) is 5.85. The highest BCUT2D eigenvalue weighted by Crippen LogP contribution is 2.14. The lowest BCUT2D eigenvalue weighted by atomic mass is 10.2. The van der Waals surface area contributed by atoms with Crippen LogP contribution in [0.3, 0.4) is 0 Å². The fourth-order valence-electron chi connectivity index (χ4n) is 1.80. The zero-order chi connectivity index (χ0) is 13.9. The Morgan fingerprint density at radius 1 is 1.26 bits per heavy atom. The summed E-state index contributed by atoms with van der Waals surface area (Å²) in [6, 6.07) is 9.71. The quantitative estimate of drug-likeness (QED) is 0.696. The van der Waals surface area contributed by atoms with Gasteiger partial charge in [0.15, 0.2) is 0 Å². The zero-order valence-corrected chi connectivity index (χ0v) is 11.7. The molecule has 0 aliphatic rings. The Kier molecular flexibility index (Phi) is 7.86. The van der Waals surface area contributed by atoms with Gasteiger partial charge >= 0.3 is 0 Å². The number of carbonyl (C=O) groups is 1. The maximum Gasteiger partial charge on any atom is 0.229 e. The van der Waals surface area contributed by atoms with Crippen LogP contribution < -0.4 is 10.6 Å². The molecule has 0 atom stereocenters. The van der Waals surface area contributed by atoms with Gasteiger partial charge in [-0.25, -0.2) is 0 Å². The molecule has 0 unspecified atom stereocenters. The predicted molar refractivity (Wildman–Crippen MR) is 78.2 cm³/mol. The van der Waals surface area contributed by atoms with Gasteiger partial charge in [0, 0.05) is 18.8 Å². The molecule has 4 nitrogen and oxygen atoms in total. The van der Waals surface area contributed by atoms with Crippen LogP contribution >= 0.6 is 0 Å². The summed E-state index contributed by atoms with van der Waals surface area (Å²) in [5.41, 5.74) is 6.46. The molecule has 0 aliphatic heterocycles. The maximum atomic E-state index is 12.2. The molecule has 2 N–H and O–H groups in total. The summed E-state index contributed by atoms with van der Waals surface area (Å²) >= 11 is 0. The number of rotatable bonds is 9. The Hall–Kier alpha value is -1.39. The van der Waals surface area contributed by atoms with Gasteiger partial charge in [-0.05, 0) is 31.5 Å². The highest BCUT2D eigenvalue weighted by Gasteiger charge is 2.14. The van der Waals surface area contributed by atoms with Gasteiger partial charge < -0.3 is 15.4 Å². The summed E-state index contributed by atoms with van der Waals surface area (Å²) in [5, 5.41) is 0. The van der Waals surface area contributed by atoms with Crippen molar-refractivity contribution in [2.24, 2.45) is 5.73 Å². The van der Waals surface area contributed by atoms with E-state index in [1.54, 1.807) is 4.90 Å². The van der Waals surface area contributed by atoms with Crippen molar-refractivity contribution in [2.75, 3.05) is 31.2 Å². The molecule has 106 valence electrons. The highest BCUT2D eigenvalue weighted by molar-refractivity contribution is 5.93. The topological polar surface area (TPSA) is 55.6 Å². The van der Waals surface area contributed by atoms with E-state index in [1.165, 1.54) is 0 Å². The number of amides is 1.